The molecule has 0 spiro atoms. The average Bonchev–Trinajstić information content (AvgIpc) is 2.31. The molecule has 0 saturated carbocycles. The Morgan fingerprint density at radius 3 is 2.12 bits per heavy atom. The third-order valence-electron chi connectivity index (χ3n) is 2.36. The molecule has 0 saturated heterocycles. The van der Waals surface area contributed by atoms with Crippen LogP contribution < -0.4 is 0 Å². The maximum Gasteiger partial charge on any atom is 0.164 e. The molecule has 0 unspecified atom stereocenters. The standard InChI is InChI=1S/C10H20O6/c1-2-3-4-6(12)8(14)10(16)9(15)7(13)5-11/h7-11,13-16H,2-5H2,1H3/t7-,8+,9-,10-/m1/s1. The van der Waals surface area contributed by atoms with Crippen molar-refractivity contribution in [3.63, 3.8) is 0 Å². The van der Waals surface area contributed by atoms with E-state index in [1.807, 2.05) is 6.92 Å². The first-order valence-electron chi connectivity index (χ1n) is 5.31. The van der Waals surface area contributed by atoms with E-state index in [1.54, 1.807) is 0 Å². The maximum atomic E-state index is 11.3. The number of aliphatic hydroxyl groups is 5. The Morgan fingerprint density at radius 1 is 1.12 bits per heavy atom. The Labute approximate surface area is 94.2 Å². The number of unbranched alkanes of at least 4 members (excludes halogenated alkanes) is 1. The molecule has 6 nitrogen and oxygen atoms in total. The Kier molecular flexibility index (Phi) is 7.44. The number of hydrogen-bond donors (Lipinski definition) is 5. The first-order valence-corrected chi connectivity index (χ1v) is 5.31. The second-order valence-corrected chi connectivity index (χ2v) is 3.75. The summed E-state index contributed by atoms with van der Waals surface area (Å²) in [5.74, 6) is -0.585. The third-order valence-corrected chi connectivity index (χ3v) is 2.36. The summed E-state index contributed by atoms with van der Waals surface area (Å²) in [7, 11) is 0. The van der Waals surface area contributed by atoms with Crippen LogP contribution in [0.15, 0.2) is 0 Å². The van der Waals surface area contributed by atoms with Gasteiger partial charge < -0.3 is 25.5 Å². The number of carbonyl (C=O) groups excluding carboxylic acids is 1. The van der Waals surface area contributed by atoms with Gasteiger partial charge in [-0.1, -0.05) is 13.3 Å². The van der Waals surface area contributed by atoms with Gasteiger partial charge >= 0.3 is 0 Å². The van der Waals surface area contributed by atoms with Gasteiger partial charge in [0.2, 0.25) is 0 Å². The highest BCUT2D eigenvalue weighted by Gasteiger charge is 2.33. The van der Waals surface area contributed by atoms with E-state index in [9.17, 15) is 20.1 Å². The maximum absolute atomic E-state index is 11.3. The van der Waals surface area contributed by atoms with Crippen molar-refractivity contribution in [1.29, 1.82) is 0 Å². The molecule has 5 N–H and O–H groups in total. The number of ketones is 1. The molecule has 0 aromatic heterocycles. The zero-order valence-corrected chi connectivity index (χ0v) is 9.28. The lowest BCUT2D eigenvalue weighted by Crippen LogP contribution is -2.48. The quantitative estimate of drug-likeness (QED) is 0.339. The fourth-order valence-electron chi connectivity index (χ4n) is 1.21. The van der Waals surface area contributed by atoms with Gasteiger partial charge in [0.15, 0.2) is 5.78 Å². The molecule has 0 bridgehead atoms. The third kappa shape index (κ3) is 4.54. The van der Waals surface area contributed by atoms with Gasteiger partial charge in [0.25, 0.3) is 0 Å². The van der Waals surface area contributed by atoms with Crippen molar-refractivity contribution >= 4 is 5.78 Å². The molecule has 0 aliphatic carbocycles. The van der Waals surface area contributed by atoms with E-state index in [4.69, 9.17) is 10.2 Å². The Morgan fingerprint density at radius 2 is 1.69 bits per heavy atom. The molecule has 0 amide bonds. The largest absolute Gasteiger partial charge is 0.394 e. The van der Waals surface area contributed by atoms with Crippen LogP contribution in [0.4, 0.5) is 0 Å². The number of hydrogen-bond acceptors (Lipinski definition) is 6. The normalized spacial score (nSPS) is 18.9. The predicted molar refractivity (Wildman–Crippen MR) is 55.6 cm³/mol. The molecule has 0 aliphatic rings. The zero-order chi connectivity index (χ0) is 12.7. The van der Waals surface area contributed by atoms with Crippen LogP contribution in [0.2, 0.25) is 0 Å². The summed E-state index contributed by atoms with van der Waals surface area (Å²) in [6, 6.07) is 0. The summed E-state index contributed by atoms with van der Waals surface area (Å²) >= 11 is 0. The average molecular weight is 236 g/mol. The Bertz CT molecular complexity index is 207. The number of rotatable bonds is 8. The highest BCUT2D eigenvalue weighted by molar-refractivity contribution is 5.83. The van der Waals surface area contributed by atoms with Gasteiger partial charge in [-0.2, -0.15) is 0 Å². The van der Waals surface area contributed by atoms with Crippen LogP contribution >= 0.6 is 0 Å². The minimum absolute atomic E-state index is 0.108. The molecule has 4 atom stereocenters. The molecule has 6 heteroatoms. The molecule has 16 heavy (non-hydrogen) atoms. The highest BCUT2D eigenvalue weighted by atomic mass is 16.4. The summed E-state index contributed by atoms with van der Waals surface area (Å²) in [5, 5.41) is 45.5. The van der Waals surface area contributed by atoms with Crippen molar-refractivity contribution in [2.75, 3.05) is 6.61 Å². The van der Waals surface area contributed by atoms with Gasteiger partial charge in [0.05, 0.1) is 6.61 Å². The van der Waals surface area contributed by atoms with Crippen molar-refractivity contribution in [1.82, 2.24) is 0 Å². The second-order valence-electron chi connectivity index (χ2n) is 3.75. The van der Waals surface area contributed by atoms with Crippen LogP contribution in [0, 0.1) is 0 Å². The van der Waals surface area contributed by atoms with Crippen molar-refractivity contribution < 1.29 is 30.3 Å². The lowest BCUT2D eigenvalue weighted by molar-refractivity contribution is -0.147. The smallest absolute Gasteiger partial charge is 0.164 e. The van der Waals surface area contributed by atoms with Gasteiger partial charge in [-0.25, -0.2) is 0 Å². The van der Waals surface area contributed by atoms with Gasteiger partial charge in [-0.15, -0.1) is 0 Å². The zero-order valence-electron chi connectivity index (χ0n) is 9.28. The van der Waals surface area contributed by atoms with E-state index in [2.05, 4.69) is 0 Å². The molecule has 0 rings (SSSR count). The lowest BCUT2D eigenvalue weighted by atomic mass is 9.98. The van der Waals surface area contributed by atoms with Gasteiger partial charge in [-0.3, -0.25) is 4.79 Å². The van der Waals surface area contributed by atoms with E-state index in [-0.39, 0.29) is 6.42 Å². The van der Waals surface area contributed by atoms with E-state index >= 15 is 0 Å². The molecule has 96 valence electrons. The first-order chi connectivity index (χ1) is 7.45. The molecular weight excluding hydrogens is 216 g/mol. The molecule has 0 radical (unpaired) electrons. The highest BCUT2D eigenvalue weighted by Crippen LogP contribution is 2.09. The van der Waals surface area contributed by atoms with E-state index < -0.39 is 36.8 Å². The van der Waals surface area contributed by atoms with Crippen molar-refractivity contribution in [2.24, 2.45) is 0 Å². The molecule has 0 aromatic carbocycles. The molecular formula is C10H20O6. The van der Waals surface area contributed by atoms with E-state index in [0.29, 0.717) is 6.42 Å². The summed E-state index contributed by atoms with van der Waals surface area (Å²) in [6.45, 7) is 1.12. The van der Waals surface area contributed by atoms with Crippen molar-refractivity contribution in [2.45, 2.75) is 50.6 Å². The van der Waals surface area contributed by atoms with E-state index in [1.165, 1.54) is 0 Å². The van der Waals surface area contributed by atoms with E-state index in [0.717, 1.165) is 6.42 Å². The molecule has 0 aromatic rings. The summed E-state index contributed by atoms with van der Waals surface area (Å²) in [5.41, 5.74) is 0. The molecule has 0 heterocycles. The Hall–Kier alpha value is -0.530. The number of Topliss-reactive ketones (excluding diaryl/α,β-unsaturated/α-hetero) is 1. The van der Waals surface area contributed by atoms with Gasteiger partial charge in [-0.05, 0) is 6.42 Å². The number of carbonyl (C=O) groups is 1. The van der Waals surface area contributed by atoms with Crippen LogP contribution in [-0.2, 0) is 4.79 Å². The van der Waals surface area contributed by atoms with Crippen LogP contribution in [0.3, 0.4) is 0 Å². The van der Waals surface area contributed by atoms with Crippen LogP contribution in [-0.4, -0.2) is 62.3 Å². The molecule has 0 aliphatic heterocycles. The van der Waals surface area contributed by atoms with Crippen molar-refractivity contribution in [3.05, 3.63) is 0 Å². The fraction of sp³-hybridized carbons (Fsp3) is 0.900. The Balaban J connectivity index is 4.25. The number of aliphatic hydroxyl groups excluding tert-OH is 5. The second kappa shape index (κ2) is 7.70. The minimum atomic E-state index is -1.79. The van der Waals surface area contributed by atoms with Gasteiger partial charge in [0, 0.05) is 6.42 Å². The monoisotopic (exact) mass is 236 g/mol. The van der Waals surface area contributed by atoms with Crippen LogP contribution in [0.5, 0.6) is 0 Å². The minimum Gasteiger partial charge on any atom is -0.394 e. The van der Waals surface area contributed by atoms with Gasteiger partial charge in [0.1, 0.15) is 24.4 Å². The van der Waals surface area contributed by atoms with Crippen LogP contribution in [0.25, 0.3) is 0 Å². The summed E-state index contributed by atoms with van der Waals surface area (Å²) in [6.07, 6.45) is -5.38. The van der Waals surface area contributed by atoms with Crippen LogP contribution in [0.1, 0.15) is 26.2 Å². The summed E-state index contributed by atoms with van der Waals surface area (Å²) in [4.78, 5) is 11.3. The lowest BCUT2D eigenvalue weighted by Gasteiger charge is -2.24. The SMILES string of the molecule is CCCCC(=O)[C@H](O)[C@@H](O)[C@H](O)[C@H](O)CO. The molecule has 0 fully saturated rings. The predicted octanol–water partition coefficient (Wildman–Crippen LogP) is -1.82. The first kappa shape index (κ1) is 15.5. The van der Waals surface area contributed by atoms with Crippen molar-refractivity contribution in [3.8, 4) is 0 Å². The summed E-state index contributed by atoms with van der Waals surface area (Å²) < 4.78 is 0. The topological polar surface area (TPSA) is 118 Å². The fourth-order valence-corrected chi connectivity index (χ4v) is 1.21.